The van der Waals surface area contributed by atoms with Crippen molar-refractivity contribution in [1.82, 2.24) is 0 Å². The summed E-state index contributed by atoms with van der Waals surface area (Å²) in [4.78, 5) is 10.9. The van der Waals surface area contributed by atoms with Gasteiger partial charge < -0.3 is 10.5 Å². The second-order valence-electron chi connectivity index (χ2n) is 3.46. The molecule has 13 heavy (non-hydrogen) atoms. The number of carbonyl (C=O) groups excluding carboxylic acids is 1. The van der Waals surface area contributed by atoms with Crippen molar-refractivity contribution in [3.05, 3.63) is 0 Å². The first-order valence-corrected chi connectivity index (χ1v) is 5.60. The number of carbonyl (C=O) groups is 1. The van der Waals surface area contributed by atoms with E-state index in [9.17, 15) is 4.79 Å². The number of hydrogen-bond donors (Lipinski definition) is 1. The Labute approximate surface area is 84.4 Å². The lowest BCUT2D eigenvalue weighted by Crippen LogP contribution is -2.41. The van der Waals surface area contributed by atoms with Crippen molar-refractivity contribution in [2.45, 2.75) is 32.2 Å². The van der Waals surface area contributed by atoms with Crippen molar-refractivity contribution in [2.75, 3.05) is 18.6 Å². The molecule has 3 nitrogen and oxygen atoms in total. The summed E-state index contributed by atoms with van der Waals surface area (Å²) in [6.07, 6.45) is 1.43. The van der Waals surface area contributed by atoms with Gasteiger partial charge in [-0.3, -0.25) is 4.79 Å². The van der Waals surface area contributed by atoms with E-state index in [1.807, 2.05) is 6.92 Å². The van der Waals surface area contributed by atoms with Gasteiger partial charge in [0.25, 0.3) is 0 Å². The van der Waals surface area contributed by atoms with Gasteiger partial charge in [0.1, 0.15) is 0 Å². The van der Waals surface area contributed by atoms with Crippen LogP contribution in [0, 0.1) is 0 Å². The van der Waals surface area contributed by atoms with E-state index in [0.717, 1.165) is 17.9 Å². The lowest BCUT2D eigenvalue weighted by Gasteiger charge is -2.22. The lowest BCUT2D eigenvalue weighted by atomic mass is 10.0. The van der Waals surface area contributed by atoms with Crippen LogP contribution in [0.5, 0.6) is 0 Å². The largest absolute Gasteiger partial charge is 0.469 e. The molecule has 0 radical (unpaired) electrons. The molecule has 0 aromatic rings. The van der Waals surface area contributed by atoms with Gasteiger partial charge in [0.2, 0.25) is 0 Å². The molecule has 0 bridgehead atoms. The van der Waals surface area contributed by atoms with Crippen LogP contribution >= 0.6 is 11.8 Å². The predicted molar refractivity (Wildman–Crippen MR) is 56.8 cm³/mol. The van der Waals surface area contributed by atoms with Crippen molar-refractivity contribution in [3.8, 4) is 0 Å². The number of esters is 1. The summed E-state index contributed by atoms with van der Waals surface area (Å²) in [7, 11) is 1.39. The van der Waals surface area contributed by atoms with Crippen LogP contribution < -0.4 is 5.73 Å². The molecule has 0 amide bonds. The van der Waals surface area contributed by atoms with Gasteiger partial charge >= 0.3 is 5.97 Å². The standard InChI is InChI=1S/C9H19NO2S/c1-4-5-13-7-9(2,10)6-8(11)12-3/h4-7,10H2,1-3H3. The minimum Gasteiger partial charge on any atom is -0.469 e. The summed E-state index contributed by atoms with van der Waals surface area (Å²) in [5.41, 5.74) is 5.47. The van der Waals surface area contributed by atoms with E-state index < -0.39 is 5.54 Å². The van der Waals surface area contributed by atoms with Gasteiger partial charge in [0.15, 0.2) is 0 Å². The van der Waals surface area contributed by atoms with E-state index in [1.54, 1.807) is 11.8 Å². The molecule has 1 atom stereocenters. The van der Waals surface area contributed by atoms with Crippen molar-refractivity contribution in [3.63, 3.8) is 0 Å². The highest BCUT2D eigenvalue weighted by atomic mass is 32.2. The molecule has 0 aliphatic carbocycles. The number of methoxy groups -OCH3 is 1. The normalized spacial score (nSPS) is 15.1. The molecule has 0 aromatic carbocycles. The maximum atomic E-state index is 10.9. The number of thioether (sulfide) groups is 1. The first-order chi connectivity index (χ1) is 6.02. The quantitative estimate of drug-likeness (QED) is 0.526. The SMILES string of the molecule is CCCSCC(C)(N)CC(=O)OC. The van der Waals surface area contributed by atoms with E-state index in [2.05, 4.69) is 11.7 Å². The third kappa shape index (κ3) is 6.90. The molecule has 0 aliphatic heterocycles. The Bertz CT molecular complexity index is 160. The Morgan fingerprint density at radius 3 is 2.69 bits per heavy atom. The van der Waals surface area contributed by atoms with Gasteiger partial charge in [0.05, 0.1) is 13.5 Å². The Hall–Kier alpha value is -0.220. The molecule has 1 unspecified atom stereocenters. The highest BCUT2D eigenvalue weighted by Gasteiger charge is 2.22. The van der Waals surface area contributed by atoms with Crippen LogP contribution in [-0.4, -0.2) is 30.1 Å². The van der Waals surface area contributed by atoms with Crippen LogP contribution in [0.1, 0.15) is 26.7 Å². The summed E-state index contributed by atoms with van der Waals surface area (Å²) in [5, 5.41) is 0. The fourth-order valence-corrected chi connectivity index (χ4v) is 1.90. The average Bonchev–Trinajstić information content (AvgIpc) is 2.03. The third-order valence-corrected chi connectivity index (χ3v) is 3.12. The van der Waals surface area contributed by atoms with E-state index in [0.29, 0.717) is 6.42 Å². The number of nitrogens with two attached hydrogens (primary N) is 1. The van der Waals surface area contributed by atoms with E-state index in [1.165, 1.54) is 7.11 Å². The number of hydrogen-bond acceptors (Lipinski definition) is 4. The predicted octanol–water partition coefficient (Wildman–Crippen LogP) is 1.41. The molecule has 0 heterocycles. The van der Waals surface area contributed by atoms with Gasteiger partial charge in [-0.1, -0.05) is 6.92 Å². The smallest absolute Gasteiger partial charge is 0.307 e. The monoisotopic (exact) mass is 205 g/mol. The molecule has 78 valence electrons. The lowest BCUT2D eigenvalue weighted by molar-refractivity contribution is -0.141. The maximum Gasteiger partial charge on any atom is 0.307 e. The first kappa shape index (κ1) is 12.8. The van der Waals surface area contributed by atoms with Gasteiger partial charge in [0, 0.05) is 11.3 Å². The van der Waals surface area contributed by atoms with E-state index in [4.69, 9.17) is 5.73 Å². The average molecular weight is 205 g/mol. The van der Waals surface area contributed by atoms with Crippen molar-refractivity contribution in [2.24, 2.45) is 5.73 Å². The Kier molecular flexibility index (Phi) is 6.16. The van der Waals surface area contributed by atoms with Crippen molar-refractivity contribution in [1.29, 1.82) is 0 Å². The Morgan fingerprint density at radius 1 is 1.62 bits per heavy atom. The zero-order chi connectivity index (χ0) is 10.3. The summed E-state index contributed by atoms with van der Waals surface area (Å²) >= 11 is 1.78. The molecule has 4 heteroatoms. The van der Waals surface area contributed by atoms with Crippen LogP contribution in [0.2, 0.25) is 0 Å². The van der Waals surface area contributed by atoms with Crippen LogP contribution in [0.3, 0.4) is 0 Å². The zero-order valence-corrected chi connectivity index (χ0v) is 9.45. The minimum absolute atomic E-state index is 0.234. The van der Waals surface area contributed by atoms with Crippen molar-refractivity contribution >= 4 is 17.7 Å². The third-order valence-electron chi connectivity index (χ3n) is 1.56. The highest BCUT2D eigenvalue weighted by Crippen LogP contribution is 2.15. The summed E-state index contributed by atoms with van der Waals surface area (Å²) in [5.74, 6) is 1.66. The van der Waals surface area contributed by atoms with Crippen LogP contribution in [0.15, 0.2) is 0 Å². The molecule has 0 aromatic heterocycles. The second-order valence-corrected chi connectivity index (χ2v) is 4.56. The van der Waals surface area contributed by atoms with Crippen LogP contribution in [0.25, 0.3) is 0 Å². The topological polar surface area (TPSA) is 52.3 Å². The Balaban J connectivity index is 3.72. The zero-order valence-electron chi connectivity index (χ0n) is 8.63. The van der Waals surface area contributed by atoms with Gasteiger partial charge in [-0.05, 0) is 19.1 Å². The van der Waals surface area contributed by atoms with Crippen LogP contribution in [0.4, 0.5) is 0 Å². The summed E-state index contributed by atoms with van der Waals surface area (Å²) in [6.45, 7) is 4.01. The second kappa shape index (κ2) is 6.27. The molecule has 0 saturated heterocycles. The molecular formula is C9H19NO2S. The molecule has 0 rings (SSSR count). The fraction of sp³-hybridized carbons (Fsp3) is 0.889. The summed E-state index contributed by atoms with van der Waals surface area (Å²) < 4.78 is 4.56. The number of rotatable bonds is 6. The minimum atomic E-state index is -0.438. The molecular weight excluding hydrogens is 186 g/mol. The molecule has 0 aliphatic rings. The van der Waals surface area contributed by atoms with Crippen molar-refractivity contribution < 1.29 is 9.53 Å². The molecule has 2 N–H and O–H groups in total. The summed E-state index contributed by atoms with van der Waals surface area (Å²) in [6, 6.07) is 0. The maximum absolute atomic E-state index is 10.9. The van der Waals surface area contributed by atoms with Gasteiger partial charge in [-0.25, -0.2) is 0 Å². The molecule has 0 spiro atoms. The van der Waals surface area contributed by atoms with Gasteiger partial charge in [-0.15, -0.1) is 0 Å². The number of ether oxygens (including phenoxy) is 1. The molecule has 0 fully saturated rings. The highest BCUT2D eigenvalue weighted by molar-refractivity contribution is 7.99. The Morgan fingerprint density at radius 2 is 2.23 bits per heavy atom. The fourth-order valence-electron chi connectivity index (χ4n) is 0.903. The molecule has 0 saturated carbocycles. The van der Waals surface area contributed by atoms with E-state index >= 15 is 0 Å². The van der Waals surface area contributed by atoms with Gasteiger partial charge in [-0.2, -0.15) is 11.8 Å². The van der Waals surface area contributed by atoms with Crippen LogP contribution in [-0.2, 0) is 9.53 Å². The first-order valence-electron chi connectivity index (χ1n) is 4.45. The van der Waals surface area contributed by atoms with E-state index in [-0.39, 0.29) is 5.97 Å².